The summed E-state index contributed by atoms with van der Waals surface area (Å²) in [5.74, 6) is 0. The fraction of sp³-hybridized carbons (Fsp3) is 0.250. The summed E-state index contributed by atoms with van der Waals surface area (Å²) >= 11 is 0. The van der Waals surface area contributed by atoms with Crippen LogP contribution in [0.3, 0.4) is 0 Å². The Hall–Kier alpha value is -1.71. The third-order valence-electron chi connectivity index (χ3n) is 2.49. The van der Waals surface area contributed by atoms with E-state index in [4.69, 9.17) is 0 Å². The molecule has 0 unspecified atom stereocenters. The zero-order valence-electron chi connectivity index (χ0n) is 9.11. The molecule has 1 aromatic heterocycles. The molecule has 0 N–H and O–H groups in total. The first kappa shape index (κ1) is 10.8. The molecule has 84 valence electrons. The van der Waals surface area contributed by atoms with Crippen LogP contribution in [0, 0.1) is 0 Å². The number of nitrogens with zero attached hydrogens (tertiary/aromatic N) is 2. The Morgan fingerprint density at radius 1 is 1.19 bits per heavy atom. The Balaban J connectivity index is 2.77. The number of aromatic nitrogens is 1. The van der Waals surface area contributed by atoms with Gasteiger partial charge < -0.3 is 4.90 Å². The van der Waals surface area contributed by atoms with Crippen molar-refractivity contribution < 1.29 is 8.78 Å². The van der Waals surface area contributed by atoms with E-state index in [9.17, 15) is 8.78 Å². The van der Waals surface area contributed by atoms with Gasteiger partial charge in [-0.05, 0) is 24.3 Å². The molecule has 0 saturated heterocycles. The molecule has 0 fully saturated rings. The first-order valence-corrected chi connectivity index (χ1v) is 4.94. The number of hydrogen-bond donors (Lipinski definition) is 0. The van der Waals surface area contributed by atoms with Gasteiger partial charge in [0.05, 0.1) is 5.52 Å². The summed E-state index contributed by atoms with van der Waals surface area (Å²) in [5.41, 5.74) is 1.26. The molecule has 0 bridgehead atoms. The van der Waals surface area contributed by atoms with Crippen LogP contribution in [-0.2, 0) is 0 Å². The lowest BCUT2D eigenvalue weighted by molar-refractivity contribution is 0.153. The van der Waals surface area contributed by atoms with E-state index in [2.05, 4.69) is 4.98 Å². The molecule has 0 aliphatic heterocycles. The molecule has 1 aromatic carbocycles. The van der Waals surface area contributed by atoms with Gasteiger partial charge in [0, 0.05) is 36.9 Å². The van der Waals surface area contributed by atoms with Crippen LogP contribution in [0.2, 0.25) is 0 Å². The minimum atomic E-state index is -2.49. The zero-order chi connectivity index (χ0) is 11.7. The van der Waals surface area contributed by atoms with Crippen molar-refractivity contribution in [3.8, 4) is 0 Å². The number of alkyl halides is 2. The Morgan fingerprint density at radius 2 is 1.94 bits per heavy atom. The van der Waals surface area contributed by atoms with Crippen molar-refractivity contribution in [2.24, 2.45) is 0 Å². The van der Waals surface area contributed by atoms with Crippen molar-refractivity contribution >= 4 is 16.6 Å². The van der Waals surface area contributed by atoms with E-state index in [1.54, 1.807) is 12.1 Å². The number of benzene rings is 1. The Bertz CT molecular complexity index is 463. The highest BCUT2D eigenvalue weighted by molar-refractivity contribution is 5.93. The van der Waals surface area contributed by atoms with Crippen LogP contribution < -0.4 is 4.90 Å². The smallest absolute Gasteiger partial charge is 0.265 e. The van der Waals surface area contributed by atoms with Crippen LogP contribution in [0.25, 0.3) is 10.9 Å². The van der Waals surface area contributed by atoms with Gasteiger partial charge in [0.25, 0.3) is 6.43 Å². The van der Waals surface area contributed by atoms with Crippen LogP contribution in [0.5, 0.6) is 0 Å². The van der Waals surface area contributed by atoms with E-state index < -0.39 is 6.43 Å². The molecule has 0 aliphatic rings. The number of fused-ring (bicyclic) bond motifs is 1. The van der Waals surface area contributed by atoms with Crippen molar-refractivity contribution in [3.63, 3.8) is 0 Å². The van der Waals surface area contributed by atoms with Crippen LogP contribution in [-0.4, -0.2) is 19.1 Å². The third-order valence-corrected chi connectivity index (χ3v) is 2.49. The quantitative estimate of drug-likeness (QED) is 0.775. The lowest BCUT2D eigenvalue weighted by atomic mass is 10.1. The molecule has 0 radical (unpaired) electrons. The minimum Gasteiger partial charge on any atom is -0.377 e. The predicted molar refractivity (Wildman–Crippen MR) is 61.0 cm³/mol. The van der Waals surface area contributed by atoms with Gasteiger partial charge in [-0.15, -0.1) is 0 Å². The fourth-order valence-corrected chi connectivity index (χ4v) is 1.75. The maximum absolute atomic E-state index is 12.8. The SMILES string of the molecule is CN(C)c1ccc(C(F)F)c2ncccc12. The van der Waals surface area contributed by atoms with E-state index in [0.29, 0.717) is 5.52 Å². The molecule has 0 atom stereocenters. The van der Waals surface area contributed by atoms with Crippen molar-refractivity contribution in [1.29, 1.82) is 0 Å². The molecule has 0 spiro atoms. The highest BCUT2D eigenvalue weighted by Gasteiger charge is 2.14. The van der Waals surface area contributed by atoms with E-state index in [-0.39, 0.29) is 5.56 Å². The van der Waals surface area contributed by atoms with E-state index >= 15 is 0 Å². The topological polar surface area (TPSA) is 16.1 Å². The summed E-state index contributed by atoms with van der Waals surface area (Å²) in [4.78, 5) is 5.93. The van der Waals surface area contributed by atoms with Gasteiger partial charge in [-0.3, -0.25) is 4.98 Å². The summed E-state index contributed by atoms with van der Waals surface area (Å²) in [6.45, 7) is 0. The van der Waals surface area contributed by atoms with Gasteiger partial charge in [-0.1, -0.05) is 0 Å². The molecule has 2 aromatic rings. The first-order chi connectivity index (χ1) is 7.61. The van der Waals surface area contributed by atoms with E-state index in [1.165, 1.54) is 12.3 Å². The van der Waals surface area contributed by atoms with Gasteiger partial charge in [0.2, 0.25) is 0 Å². The average molecular weight is 222 g/mol. The summed E-state index contributed by atoms with van der Waals surface area (Å²) in [7, 11) is 3.76. The Labute approximate surface area is 92.5 Å². The molecular weight excluding hydrogens is 210 g/mol. The highest BCUT2D eigenvalue weighted by Crippen LogP contribution is 2.31. The van der Waals surface area contributed by atoms with Gasteiger partial charge in [-0.25, -0.2) is 8.78 Å². The summed E-state index contributed by atoms with van der Waals surface area (Å²) < 4.78 is 25.6. The monoisotopic (exact) mass is 222 g/mol. The maximum atomic E-state index is 12.8. The van der Waals surface area contributed by atoms with Gasteiger partial charge in [-0.2, -0.15) is 0 Å². The first-order valence-electron chi connectivity index (χ1n) is 4.94. The summed E-state index contributed by atoms with van der Waals surface area (Å²) in [6.07, 6.45) is -0.957. The molecule has 16 heavy (non-hydrogen) atoms. The predicted octanol–water partition coefficient (Wildman–Crippen LogP) is 3.24. The van der Waals surface area contributed by atoms with Crippen molar-refractivity contribution in [3.05, 3.63) is 36.0 Å². The molecule has 2 nitrogen and oxygen atoms in total. The van der Waals surface area contributed by atoms with Crippen LogP contribution >= 0.6 is 0 Å². The van der Waals surface area contributed by atoms with E-state index in [1.807, 2.05) is 25.1 Å². The van der Waals surface area contributed by atoms with Crippen molar-refractivity contribution in [2.75, 3.05) is 19.0 Å². The molecule has 0 saturated carbocycles. The third kappa shape index (κ3) is 1.71. The van der Waals surface area contributed by atoms with Crippen LogP contribution in [0.4, 0.5) is 14.5 Å². The van der Waals surface area contributed by atoms with Crippen LogP contribution in [0.1, 0.15) is 12.0 Å². The molecule has 0 aliphatic carbocycles. The van der Waals surface area contributed by atoms with Gasteiger partial charge in [0.1, 0.15) is 0 Å². The molecule has 2 rings (SSSR count). The minimum absolute atomic E-state index is 0.0128. The lowest BCUT2D eigenvalue weighted by Gasteiger charge is -2.16. The normalized spacial score (nSPS) is 11.1. The van der Waals surface area contributed by atoms with Crippen molar-refractivity contribution in [2.45, 2.75) is 6.43 Å². The fourth-order valence-electron chi connectivity index (χ4n) is 1.75. The largest absolute Gasteiger partial charge is 0.377 e. The Morgan fingerprint density at radius 3 is 2.56 bits per heavy atom. The van der Waals surface area contributed by atoms with Gasteiger partial charge >= 0.3 is 0 Å². The standard InChI is InChI=1S/C12H12F2N2/c1-16(2)10-6-5-9(12(13)14)11-8(10)4-3-7-15-11/h3-7,12H,1-2H3. The summed E-state index contributed by atoms with van der Waals surface area (Å²) in [6, 6.07) is 6.70. The summed E-state index contributed by atoms with van der Waals surface area (Å²) in [5, 5.41) is 0.755. The molecular formula is C12H12F2N2. The number of anilines is 1. The lowest BCUT2D eigenvalue weighted by Crippen LogP contribution is -2.09. The second-order valence-electron chi connectivity index (χ2n) is 3.77. The highest BCUT2D eigenvalue weighted by atomic mass is 19.3. The number of hydrogen-bond acceptors (Lipinski definition) is 2. The second-order valence-corrected chi connectivity index (χ2v) is 3.77. The van der Waals surface area contributed by atoms with Crippen LogP contribution in [0.15, 0.2) is 30.5 Å². The zero-order valence-corrected chi connectivity index (χ0v) is 9.11. The van der Waals surface area contributed by atoms with Gasteiger partial charge in [0.15, 0.2) is 0 Å². The molecule has 4 heteroatoms. The number of pyridine rings is 1. The average Bonchev–Trinajstić information content (AvgIpc) is 2.27. The van der Waals surface area contributed by atoms with Crippen molar-refractivity contribution in [1.82, 2.24) is 4.98 Å². The number of halogens is 2. The number of rotatable bonds is 2. The molecule has 0 amide bonds. The second kappa shape index (κ2) is 4.04. The maximum Gasteiger partial charge on any atom is 0.265 e. The molecule has 1 heterocycles. The Kier molecular flexibility index (Phi) is 2.73. The van der Waals surface area contributed by atoms with E-state index in [0.717, 1.165) is 11.1 Å².